The van der Waals surface area contributed by atoms with Gasteiger partial charge in [-0.2, -0.15) is 5.10 Å². The summed E-state index contributed by atoms with van der Waals surface area (Å²) in [6, 6.07) is 8.65. The number of aromatic nitrogens is 1. The summed E-state index contributed by atoms with van der Waals surface area (Å²) in [5, 5.41) is 6.03. The van der Waals surface area contributed by atoms with Crippen LogP contribution in [0.25, 0.3) is 0 Å². The first-order chi connectivity index (χ1) is 9.75. The molecule has 2 N–H and O–H groups in total. The first-order valence-electron chi connectivity index (χ1n) is 5.80. The van der Waals surface area contributed by atoms with Gasteiger partial charge in [0.1, 0.15) is 5.76 Å². The molecule has 0 aromatic carbocycles. The molecular weight excluding hydrogens is 260 g/mol. The van der Waals surface area contributed by atoms with E-state index in [0.717, 1.165) is 0 Å². The molecule has 0 saturated carbocycles. The Morgan fingerprint density at radius 3 is 2.85 bits per heavy atom. The minimum atomic E-state index is -0.858. The Kier molecular flexibility index (Phi) is 4.60. The number of pyridine rings is 1. The Balaban J connectivity index is 1.76. The van der Waals surface area contributed by atoms with Crippen LogP contribution in [0.15, 0.2) is 52.3 Å². The van der Waals surface area contributed by atoms with Gasteiger partial charge in [-0.3, -0.25) is 14.6 Å². The fraction of sp³-hybridized carbons (Fsp3) is 0.0769. The Hall–Kier alpha value is -2.96. The van der Waals surface area contributed by atoms with E-state index in [1.165, 1.54) is 12.5 Å². The van der Waals surface area contributed by atoms with E-state index in [4.69, 9.17) is 4.42 Å². The zero-order valence-electron chi connectivity index (χ0n) is 10.4. The van der Waals surface area contributed by atoms with Gasteiger partial charge in [-0.05, 0) is 24.3 Å². The van der Waals surface area contributed by atoms with Gasteiger partial charge in [0, 0.05) is 6.20 Å². The smallest absolute Gasteiger partial charge is 0.329 e. The predicted octanol–water partition coefficient (Wildman–Crippen LogP) is 0.441. The van der Waals surface area contributed by atoms with E-state index in [1.54, 1.807) is 36.5 Å². The van der Waals surface area contributed by atoms with Crippen LogP contribution >= 0.6 is 0 Å². The van der Waals surface area contributed by atoms with Crippen LogP contribution in [0.5, 0.6) is 0 Å². The molecule has 102 valence electrons. The number of carbonyl (C=O) groups is 2. The maximum Gasteiger partial charge on any atom is 0.329 e. The van der Waals surface area contributed by atoms with Crippen LogP contribution in [0.1, 0.15) is 11.5 Å². The summed E-state index contributed by atoms with van der Waals surface area (Å²) in [6.07, 6.45) is 4.38. The predicted molar refractivity (Wildman–Crippen MR) is 70.5 cm³/mol. The highest BCUT2D eigenvalue weighted by atomic mass is 16.3. The lowest BCUT2D eigenvalue weighted by molar-refractivity contribution is -0.139. The van der Waals surface area contributed by atoms with Crippen LogP contribution in [-0.4, -0.2) is 23.0 Å². The van der Waals surface area contributed by atoms with Crippen molar-refractivity contribution in [3.63, 3.8) is 0 Å². The third-order valence-electron chi connectivity index (χ3n) is 2.26. The standard InChI is InChI=1S/C13H12N4O3/c18-12(15-8-10-4-1-2-6-14-10)13(19)17-16-9-11-5-3-7-20-11/h1-7,9H,8H2,(H,15,18)(H,17,19)/b16-9-. The lowest BCUT2D eigenvalue weighted by atomic mass is 10.3. The van der Waals surface area contributed by atoms with Gasteiger partial charge in [-0.1, -0.05) is 6.07 Å². The van der Waals surface area contributed by atoms with Crippen LogP contribution in [0, 0.1) is 0 Å². The summed E-state index contributed by atoms with van der Waals surface area (Å²) in [4.78, 5) is 26.9. The number of rotatable bonds is 4. The number of hydrazone groups is 1. The van der Waals surface area contributed by atoms with Gasteiger partial charge in [-0.25, -0.2) is 5.43 Å². The summed E-state index contributed by atoms with van der Waals surface area (Å²) in [6.45, 7) is 0.176. The summed E-state index contributed by atoms with van der Waals surface area (Å²) in [5.41, 5.74) is 2.75. The lowest BCUT2D eigenvalue weighted by Crippen LogP contribution is -2.37. The number of hydrogen-bond donors (Lipinski definition) is 2. The van der Waals surface area contributed by atoms with Gasteiger partial charge in [0.2, 0.25) is 0 Å². The summed E-state index contributed by atoms with van der Waals surface area (Å²) >= 11 is 0. The Morgan fingerprint density at radius 1 is 1.25 bits per heavy atom. The van der Waals surface area contributed by atoms with Crippen molar-refractivity contribution in [3.05, 3.63) is 54.2 Å². The van der Waals surface area contributed by atoms with Crippen molar-refractivity contribution in [3.8, 4) is 0 Å². The number of nitrogens with one attached hydrogen (secondary N) is 2. The van der Waals surface area contributed by atoms with Crippen molar-refractivity contribution in [1.29, 1.82) is 0 Å². The van der Waals surface area contributed by atoms with Crippen LogP contribution in [0.4, 0.5) is 0 Å². The molecule has 2 amide bonds. The van der Waals surface area contributed by atoms with E-state index in [-0.39, 0.29) is 6.54 Å². The largest absolute Gasteiger partial charge is 0.463 e. The average molecular weight is 272 g/mol. The van der Waals surface area contributed by atoms with Crippen molar-refractivity contribution < 1.29 is 14.0 Å². The third kappa shape index (κ3) is 4.05. The molecule has 0 spiro atoms. The average Bonchev–Trinajstić information content (AvgIpc) is 2.99. The monoisotopic (exact) mass is 272 g/mol. The molecule has 2 aromatic heterocycles. The zero-order valence-corrected chi connectivity index (χ0v) is 10.4. The Morgan fingerprint density at radius 2 is 2.15 bits per heavy atom. The second kappa shape index (κ2) is 6.83. The molecule has 0 aliphatic carbocycles. The van der Waals surface area contributed by atoms with Crippen LogP contribution in [-0.2, 0) is 16.1 Å². The van der Waals surface area contributed by atoms with Crippen LogP contribution in [0.3, 0.4) is 0 Å². The number of nitrogens with zero attached hydrogens (tertiary/aromatic N) is 2. The number of amides is 2. The van der Waals surface area contributed by atoms with Gasteiger partial charge in [0.25, 0.3) is 0 Å². The minimum Gasteiger partial charge on any atom is -0.463 e. The van der Waals surface area contributed by atoms with E-state index in [2.05, 4.69) is 20.8 Å². The molecule has 20 heavy (non-hydrogen) atoms. The quantitative estimate of drug-likeness (QED) is 0.479. The molecule has 7 nitrogen and oxygen atoms in total. The van der Waals surface area contributed by atoms with Gasteiger partial charge in [0.05, 0.1) is 24.7 Å². The molecule has 0 fully saturated rings. The van der Waals surface area contributed by atoms with E-state index < -0.39 is 11.8 Å². The summed E-state index contributed by atoms with van der Waals surface area (Å²) in [7, 11) is 0. The molecule has 2 aromatic rings. The number of carbonyl (C=O) groups excluding carboxylic acids is 2. The molecular formula is C13H12N4O3. The van der Waals surface area contributed by atoms with Crippen LogP contribution in [0.2, 0.25) is 0 Å². The first kappa shape index (κ1) is 13.5. The van der Waals surface area contributed by atoms with Gasteiger partial charge >= 0.3 is 11.8 Å². The van der Waals surface area contributed by atoms with Crippen LogP contribution < -0.4 is 10.7 Å². The van der Waals surface area contributed by atoms with E-state index in [0.29, 0.717) is 11.5 Å². The zero-order chi connectivity index (χ0) is 14.2. The highest BCUT2D eigenvalue weighted by molar-refractivity contribution is 6.35. The second-order valence-electron chi connectivity index (χ2n) is 3.72. The first-order valence-corrected chi connectivity index (χ1v) is 5.80. The van der Waals surface area contributed by atoms with Gasteiger partial charge in [0.15, 0.2) is 0 Å². The molecule has 0 radical (unpaired) electrons. The third-order valence-corrected chi connectivity index (χ3v) is 2.26. The normalized spacial score (nSPS) is 10.4. The molecule has 2 rings (SSSR count). The van der Waals surface area contributed by atoms with Crippen molar-refractivity contribution in [2.24, 2.45) is 5.10 Å². The molecule has 0 saturated heterocycles. The Bertz CT molecular complexity index is 593. The lowest BCUT2D eigenvalue weighted by Gasteiger charge is -2.02. The van der Waals surface area contributed by atoms with Crippen molar-refractivity contribution in [2.75, 3.05) is 0 Å². The maximum atomic E-state index is 11.5. The highest BCUT2D eigenvalue weighted by Gasteiger charge is 2.11. The number of hydrogen-bond acceptors (Lipinski definition) is 5. The van der Waals surface area contributed by atoms with Crippen molar-refractivity contribution in [1.82, 2.24) is 15.7 Å². The fourth-order valence-electron chi connectivity index (χ4n) is 1.32. The molecule has 0 aliphatic rings. The van der Waals surface area contributed by atoms with E-state index in [1.807, 2.05) is 0 Å². The fourth-order valence-corrected chi connectivity index (χ4v) is 1.32. The molecule has 0 bridgehead atoms. The SMILES string of the molecule is O=C(NCc1ccccn1)C(=O)N/N=C\c1ccco1. The molecule has 0 unspecified atom stereocenters. The molecule has 0 atom stereocenters. The molecule has 7 heteroatoms. The maximum absolute atomic E-state index is 11.5. The molecule has 2 heterocycles. The Labute approximate surface area is 114 Å². The van der Waals surface area contributed by atoms with Crippen molar-refractivity contribution in [2.45, 2.75) is 6.54 Å². The van der Waals surface area contributed by atoms with Gasteiger partial charge < -0.3 is 9.73 Å². The minimum absolute atomic E-state index is 0.176. The summed E-state index contributed by atoms with van der Waals surface area (Å²) < 4.78 is 4.97. The highest BCUT2D eigenvalue weighted by Crippen LogP contribution is 1.94. The van der Waals surface area contributed by atoms with Crippen molar-refractivity contribution >= 4 is 18.0 Å². The molecule has 0 aliphatic heterocycles. The topological polar surface area (TPSA) is 96.6 Å². The second-order valence-corrected chi connectivity index (χ2v) is 3.72. The van der Waals surface area contributed by atoms with E-state index in [9.17, 15) is 9.59 Å². The number of furan rings is 1. The van der Waals surface area contributed by atoms with Gasteiger partial charge in [-0.15, -0.1) is 0 Å². The van der Waals surface area contributed by atoms with E-state index >= 15 is 0 Å². The summed E-state index contributed by atoms with van der Waals surface area (Å²) in [5.74, 6) is -1.17.